The van der Waals surface area contributed by atoms with Crippen molar-refractivity contribution in [3.63, 3.8) is 0 Å². The third-order valence-corrected chi connectivity index (χ3v) is 8.81. The molecule has 1 atom stereocenters. The lowest BCUT2D eigenvalue weighted by Gasteiger charge is -2.23. The van der Waals surface area contributed by atoms with Gasteiger partial charge in [0.05, 0.1) is 27.4 Å². The number of carbonyl (C=O) groups is 2. The predicted octanol–water partition coefficient (Wildman–Crippen LogP) is 5.58. The first-order valence-electron chi connectivity index (χ1n) is 12.2. The van der Waals surface area contributed by atoms with E-state index in [1.54, 1.807) is 45.9 Å². The van der Waals surface area contributed by atoms with E-state index in [0.29, 0.717) is 36.1 Å². The van der Waals surface area contributed by atoms with Crippen LogP contribution in [0.4, 0.5) is 5.82 Å². The van der Waals surface area contributed by atoms with Crippen LogP contribution in [-0.2, 0) is 14.3 Å². The number of aromatic nitrogens is 2. The van der Waals surface area contributed by atoms with E-state index in [1.807, 2.05) is 60.0 Å². The lowest BCUT2D eigenvalue weighted by molar-refractivity contribution is -0.122. The Balaban J connectivity index is 1.70. The number of rotatable bonds is 9. The fourth-order valence-corrected chi connectivity index (χ4v) is 6.82. The highest BCUT2D eigenvalue weighted by Crippen LogP contribution is 2.49. The molecule has 0 aliphatic carbocycles. The van der Waals surface area contributed by atoms with Crippen LogP contribution in [0.25, 0.3) is 16.9 Å². The molecule has 4 aromatic rings. The summed E-state index contributed by atoms with van der Waals surface area (Å²) >= 11 is 9.86. The van der Waals surface area contributed by atoms with Crippen LogP contribution in [0, 0.1) is 0 Å². The average molecular weight is 567 g/mol. The number of hydrogen-bond acceptors (Lipinski definition) is 6. The molecule has 0 bridgehead atoms. The van der Waals surface area contributed by atoms with Gasteiger partial charge in [0.2, 0.25) is 11.8 Å². The number of methoxy groups -OCH3 is 1. The molecule has 0 radical (unpaired) electrons. The molecule has 0 saturated heterocycles. The summed E-state index contributed by atoms with van der Waals surface area (Å²) in [6, 6.07) is 21.4. The number of ether oxygens (including phenoxy) is 1. The van der Waals surface area contributed by atoms with Gasteiger partial charge in [0.15, 0.2) is 0 Å². The molecule has 2 aromatic heterocycles. The largest absolute Gasteiger partial charge is 0.385 e. The Morgan fingerprint density at radius 2 is 1.92 bits per heavy atom. The zero-order chi connectivity index (χ0) is 26.5. The van der Waals surface area contributed by atoms with Crippen LogP contribution in [0.3, 0.4) is 0 Å². The van der Waals surface area contributed by atoms with Gasteiger partial charge in [-0.05, 0) is 30.0 Å². The molecule has 1 N–H and O–H groups in total. The minimum absolute atomic E-state index is 0.124. The van der Waals surface area contributed by atoms with Gasteiger partial charge in [-0.25, -0.2) is 4.68 Å². The van der Waals surface area contributed by atoms with Crippen molar-refractivity contribution >= 4 is 52.3 Å². The summed E-state index contributed by atoms with van der Waals surface area (Å²) in [5.74, 6) is 0.394. The molecule has 38 heavy (non-hydrogen) atoms. The van der Waals surface area contributed by atoms with E-state index in [1.165, 1.54) is 0 Å². The number of halogens is 1. The topological polar surface area (TPSA) is 76.5 Å². The van der Waals surface area contributed by atoms with Crippen LogP contribution in [-0.4, -0.2) is 54.2 Å². The molecule has 5 rings (SSSR count). The number of carbonyl (C=O) groups excluding carboxylic acids is 2. The summed E-state index contributed by atoms with van der Waals surface area (Å²) in [7, 11) is 1.63. The molecule has 196 valence electrons. The van der Waals surface area contributed by atoms with Crippen molar-refractivity contribution in [2.24, 2.45) is 0 Å². The van der Waals surface area contributed by atoms with Crippen molar-refractivity contribution in [2.75, 3.05) is 37.5 Å². The lowest BCUT2D eigenvalue weighted by atomic mass is 10.0. The molecule has 2 amide bonds. The van der Waals surface area contributed by atoms with Crippen LogP contribution < -0.4 is 10.2 Å². The smallest absolute Gasteiger partial charge is 0.240 e. The van der Waals surface area contributed by atoms with Crippen molar-refractivity contribution in [3.8, 4) is 16.9 Å². The molecule has 3 heterocycles. The highest BCUT2D eigenvalue weighted by Gasteiger charge is 2.38. The maximum absolute atomic E-state index is 13.7. The molecular weight excluding hydrogens is 540 g/mol. The van der Waals surface area contributed by atoms with Gasteiger partial charge in [0.25, 0.3) is 0 Å². The van der Waals surface area contributed by atoms with Crippen molar-refractivity contribution in [1.29, 1.82) is 0 Å². The molecule has 0 fully saturated rings. The predicted molar refractivity (Wildman–Crippen MR) is 154 cm³/mol. The Hall–Kier alpha value is -3.11. The quantitative estimate of drug-likeness (QED) is 0.268. The second kappa shape index (κ2) is 12.2. The van der Waals surface area contributed by atoms with Crippen LogP contribution >= 0.6 is 34.7 Å². The summed E-state index contributed by atoms with van der Waals surface area (Å²) < 4.78 is 6.80. The van der Waals surface area contributed by atoms with Gasteiger partial charge in [-0.2, -0.15) is 5.10 Å². The van der Waals surface area contributed by atoms with E-state index < -0.39 is 0 Å². The van der Waals surface area contributed by atoms with Crippen molar-refractivity contribution in [3.05, 3.63) is 87.6 Å². The number of thiophene rings is 1. The van der Waals surface area contributed by atoms with Gasteiger partial charge in [-0.3, -0.25) is 14.5 Å². The number of thioether (sulfide) groups is 1. The number of fused-ring (bicyclic) bond motifs is 1. The SMILES string of the molecule is COCCCNC(=O)CN1C(=O)CS[C@H](c2cccs2)c2c(-c3ccccc3)nn(-c3ccccc3Cl)c21. The maximum Gasteiger partial charge on any atom is 0.240 e. The monoisotopic (exact) mass is 566 g/mol. The highest BCUT2D eigenvalue weighted by atomic mass is 35.5. The first kappa shape index (κ1) is 26.5. The van der Waals surface area contributed by atoms with Gasteiger partial charge in [-0.1, -0.05) is 60.1 Å². The van der Waals surface area contributed by atoms with E-state index >= 15 is 0 Å². The summed E-state index contributed by atoms with van der Waals surface area (Å²) in [5, 5.41) is 10.4. The second-order valence-electron chi connectivity index (χ2n) is 8.70. The number of nitrogens with zero attached hydrogens (tertiary/aromatic N) is 3. The van der Waals surface area contributed by atoms with Crippen LogP contribution in [0.2, 0.25) is 5.02 Å². The first-order chi connectivity index (χ1) is 18.6. The maximum atomic E-state index is 13.7. The normalized spacial score (nSPS) is 15.3. The van der Waals surface area contributed by atoms with E-state index in [-0.39, 0.29) is 29.4 Å². The number of anilines is 1. The van der Waals surface area contributed by atoms with Crippen molar-refractivity contribution < 1.29 is 14.3 Å². The van der Waals surface area contributed by atoms with Gasteiger partial charge in [-0.15, -0.1) is 23.1 Å². The lowest BCUT2D eigenvalue weighted by Crippen LogP contribution is -2.42. The molecule has 10 heteroatoms. The molecule has 1 aliphatic rings. The zero-order valence-corrected chi connectivity index (χ0v) is 23.2. The minimum atomic E-state index is -0.242. The van der Waals surface area contributed by atoms with Gasteiger partial charge >= 0.3 is 0 Å². The van der Waals surface area contributed by atoms with E-state index in [9.17, 15) is 9.59 Å². The van der Waals surface area contributed by atoms with Crippen LogP contribution in [0.5, 0.6) is 0 Å². The third kappa shape index (κ3) is 5.51. The second-order valence-corrected chi connectivity index (χ2v) is 11.2. The molecule has 1 aliphatic heterocycles. The van der Waals surface area contributed by atoms with Crippen molar-refractivity contribution in [2.45, 2.75) is 11.7 Å². The summed E-state index contributed by atoms with van der Waals surface area (Å²) in [5.41, 5.74) is 3.21. The van der Waals surface area contributed by atoms with E-state index in [2.05, 4.69) is 11.4 Å². The third-order valence-electron chi connectivity index (χ3n) is 6.17. The Labute approximate surface area is 234 Å². The van der Waals surface area contributed by atoms with Crippen LogP contribution in [0.1, 0.15) is 22.1 Å². The van der Waals surface area contributed by atoms with Gasteiger partial charge in [0.1, 0.15) is 12.4 Å². The van der Waals surface area contributed by atoms with Crippen molar-refractivity contribution in [1.82, 2.24) is 15.1 Å². The molecule has 0 saturated carbocycles. The van der Waals surface area contributed by atoms with Crippen LogP contribution in [0.15, 0.2) is 72.1 Å². The average Bonchev–Trinajstić information content (AvgIpc) is 3.57. The zero-order valence-electron chi connectivity index (χ0n) is 20.8. The molecular formula is C28H27ClN4O3S2. The Morgan fingerprint density at radius 3 is 2.66 bits per heavy atom. The van der Waals surface area contributed by atoms with Gasteiger partial charge < -0.3 is 10.1 Å². The fourth-order valence-electron chi connectivity index (χ4n) is 4.43. The number of para-hydroxylation sites is 1. The number of nitrogens with one attached hydrogen (secondary N) is 1. The van der Waals surface area contributed by atoms with E-state index in [4.69, 9.17) is 21.4 Å². The Kier molecular flexibility index (Phi) is 8.48. The molecule has 7 nitrogen and oxygen atoms in total. The molecule has 0 unspecified atom stereocenters. The first-order valence-corrected chi connectivity index (χ1v) is 14.5. The fraction of sp³-hybridized carbons (Fsp3) is 0.250. The van der Waals surface area contributed by atoms with E-state index in [0.717, 1.165) is 21.7 Å². The minimum Gasteiger partial charge on any atom is -0.385 e. The Bertz CT molecular complexity index is 1410. The molecule has 2 aromatic carbocycles. The number of amides is 2. The highest BCUT2D eigenvalue weighted by molar-refractivity contribution is 8.00. The summed E-state index contributed by atoms with van der Waals surface area (Å²) in [4.78, 5) is 29.4. The number of benzene rings is 2. The summed E-state index contributed by atoms with van der Waals surface area (Å²) in [6.45, 7) is 0.889. The molecule has 0 spiro atoms. The number of hydrogen-bond donors (Lipinski definition) is 1. The Morgan fingerprint density at radius 1 is 1.13 bits per heavy atom. The standard InChI is InChI=1S/C28H27ClN4O3S2/c1-36-15-8-14-30-23(34)17-32-24(35)18-38-27(22-13-7-16-37-22)25-26(19-9-3-2-4-10-19)31-33(28(25)32)21-12-6-5-11-20(21)29/h2-7,9-13,16,27H,8,14-15,17-18H2,1H3,(H,30,34)/t27-/m1/s1. The van der Waals surface area contributed by atoms with Gasteiger partial charge in [0, 0.05) is 36.3 Å². The summed E-state index contributed by atoms with van der Waals surface area (Å²) in [6.07, 6.45) is 0.688.